The molecule has 0 unspecified atom stereocenters. The van der Waals surface area contributed by atoms with E-state index in [9.17, 15) is 4.79 Å². The van der Waals surface area contributed by atoms with Crippen molar-refractivity contribution in [3.8, 4) is 0 Å². The zero-order valence-electron chi connectivity index (χ0n) is 12.9. The van der Waals surface area contributed by atoms with Crippen LogP contribution >= 0.6 is 0 Å². The highest BCUT2D eigenvalue weighted by molar-refractivity contribution is 5.73. The molecule has 0 rings (SSSR count). The molecule has 0 bridgehead atoms. The first-order valence-electron chi connectivity index (χ1n) is 6.59. The van der Waals surface area contributed by atoms with Gasteiger partial charge in [-0.25, -0.2) is 0 Å². The zero-order valence-corrected chi connectivity index (χ0v) is 12.9. The minimum absolute atomic E-state index is 0.542. The smallest absolute Gasteiger partial charge is 0.309 e. The fraction of sp³-hybridized carbons (Fsp3) is 0.929. The van der Waals surface area contributed by atoms with Gasteiger partial charge >= 0.3 is 5.97 Å². The molecule has 0 aliphatic rings. The lowest BCUT2D eigenvalue weighted by Crippen LogP contribution is -2.36. The van der Waals surface area contributed by atoms with Gasteiger partial charge < -0.3 is 5.11 Å². The molecule has 0 spiro atoms. The quantitative estimate of drug-likeness (QED) is 0.804. The average molecular weight is 245 g/mol. The van der Waals surface area contributed by atoms with E-state index < -0.39 is 11.4 Å². The maximum Gasteiger partial charge on any atom is 0.309 e. The van der Waals surface area contributed by atoms with Crippen LogP contribution in [-0.4, -0.2) is 34.6 Å². The minimum Gasteiger partial charge on any atom is -0.481 e. The van der Waals surface area contributed by atoms with Crippen molar-refractivity contribution in [1.82, 2.24) is 4.90 Å². The van der Waals surface area contributed by atoms with Crippen molar-refractivity contribution < 1.29 is 9.90 Å². The predicted octanol–water partition coefficient (Wildman–Crippen LogP) is 3.63. The van der Waals surface area contributed by atoms with E-state index in [-0.39, 0.29) is 0 Å². The van der Waals surface area contributed by atoms with Gasteiger partial charge in [0.1, 0.15) is 0 Å². The van der Waals surface area contributed by atoms with Crippen LogP contribution in [0.4, 0.5) is 0 Å². The van der Waals surface area contributed by atoms with Gasteiger partial charge in [-0.2, -0.15) is 0 Å². The third-order valence-corrected chi connectivity index (χ3v) is 3.15. The van der Waals surface area contributed by atoms with Crippen LogP contribution in [0, 0.1) is 5.41 Å². The van der Waals surface area contributed by atoms with Crippen LogP contribution in [0.2, 0.25) is 0 Å². The highest BCUT2D eigenvalue weighted by Crippen LogP contribution is 2.18. The topological polar surface area (TPSA) is 40.5 Å². The molecule has 17 heavy (non-hydrogen) atoms. The maximum atomic E-state index is 10.3. The molecule has 0 saturated heterocycles. The molecule has 3 nitrogen and oxygen atoms in total. The molecule has 1 N–H and O–H groups in total. The van der Waals surface area contributed by atoms with Gasteiger partial charge in [0.05, 0.1) is 5.41 Å². The van der Waals surface area contributed by atoms with Crippen LogP contribution in [0.5, 0.6) is 0 Å². The predicted molar refractivity (Wildman–Crippen MR) is 74.4 cm³/mol. The first-order chi connectivity index (χ1) is 7.60. The zero-order chi connectivity index (χ0) is 14.2. The summed E-state index contributed by atoms with van der Waals surface area (Å²) < 4.78 is 0. The van der Waals surface area contributed by atoms with Crippen LogP contribution in [0.3, 0.4) is 0 Å². The maximum absolute atomic E-state index is 10.3. The van der Waals surface area contributed by atoms with Crippen LogP contribution in [0.1, 0.15) is 61.8 Å². The van der Waals surface area contributed by atoms with Crippen molar-refractivity contribution in [2.45, 2.75) is 73.9 Å². The molecular weight excluding hydrogens is 214 g/mol. The lowest BCUT2D eigenvalue weighted by molar-refractivity contribution is -0.147. The molecule has 0 atom stereocenters. The van der Waals surface area contributed by atoms with Crippen LogP contribution in [-0.2, 0) is 4.79 Å². The number of nitrogens with zero attached hydrogens (tertiary/aromatic N) is 1. The summed E-state index contributed by atoms with van der Waals surface area (Å²) in [6, 6.07) is 1.38. The van der Waals surface area contributed by atoms with E-state index in [4.69, 9.17) is 5.11 Å². The molecule has 0 aliphatic heterocycles. The molecule has 0 radical (unpaired) electrons. The van der Waals surface area contributed by atoms with Crippen LogP contribution in [0.25, 0.3) is 0 Å². The molecule has 0 fully saturated rings. The average Bonchev–Trinajstić information content (AvgIpc) is 2.18. The van der Waals surface area contributed by atoms with Crippen molar-refractivity contribution >= 4 is 5.97 Å². The Morgan fingerprint density at radius 3 is 1.47 bits per heavy atom. The van der Waals surface area contributed by atoms with Gasteiger partial charge in [0, 0.05) is 12.1 Å². The Kier molecular flexibility index (Phi) is 9.40. The lowest BCUT2D eigenvalue weighted by Gasteiger charge is -2.28. The standard InChI is InChI=1S/C8H19N.C6H12O2/c1-6-9(7(2)3)8(4)5;1-4-6(2,3)5(7)8/h7-8H,6H2,1-5H3;4H2,1-3H3,(H,7,8). The Hall–Kier alpha value is -0.570. The Labute approximate surface area is 107 Å². The summed E-state index contributed by atoms with van der Waals surface area (Å²) in [6.07, 6.45) is 0.683. The lowest BCUT2D eigenvalue weighted by atomic mass is 9.91. The van der Waals surface area contributed by atoms with E-state index in [0.29, 0.717) is 18.5 Å². The molecule has 0 aromatic carbocycles. The highest BCUT2D eigenvalue weighted by atomic mass is 16.4. The summed E-state index contributed by atoms with van der Waals surface area (Å²) in [4.78, 5) is 12.7. The Bertz CT molecular complexity index is 202. The third kappa shape index (κ3) is 8.19. The van der Waals surface area contributed by atoms with Crippen molar-refractivity contribution in [2.24, 2.45) is 5.41 Å². The molecule has 0 aromatic heterocycles. The first-order valence-corrected chi connectivity index (χ1v) is 6.59. The summed E-state index contributed by atoms with van der Waals surface area (Å²) in [5.74, 6) is -0.722. The third-order valence-electron chi connectivity index (χ3n) is 3.15. The van der Waals surface area contributed by atoms with Gasteiger partial charge in [-0.3, -0.25) is 9.69 Å². The van der Waals surface area contributed by atoms with E-state index >= 15 is 0 Å². The van der Waals surface area contributed by atoms with Gasteiger partial charge in [0.2, 0.25) is 0 Å². The van der Waals surface area contributed by atoms with Gasteiger partial charge in [-0.15, -0.1) is 0 Å². The minimum atomic E-state index is -0.722. The molecule has 0 amide bonds. The van der Waals surface area contributed by atoms with E-state index in [1.165, 1.54) is 0 Å². The Morgan fingerprint density at radius 1 is 1.12 bits per heavy atom. The summed E-state index contributed by atoms with van der Waals surface area (Å²) in [5.41, 5.74) is -0.542. The first kappa shape index (κ1) is 18.8. The number of aliphatic carboxylic acids is 1. The van der Waals surface area contributed by atoms with Crippen LogP contribution in [0.15, 0.2) is 0 Å². The molecule has 0 saturated carbocycles. The van der Waals surface area contributed by atoms with E-state index in [2.05, 4.69) is 39.5 Å². The SMILES string of the molecule is CCC(C)(C)C(=O)O.CCN(C(C)C)C(C)C. The Morgan fingerprint density at radius 2 is 1.47 bits per heavy atom. The van der Waals surface area contributed by atoms with Crippen molar-refractivity contribution in [3.63, 3.8) is 0 Å². The fourth-order valence-electron chi connectivity index (χ4n) is 1.48. The molecule has 104 valence electrons. The van der Waals surface area contributed by atoms with Gasteiger partial charge in [0.15, 0.2) is 0 Å². The van der Waals surface area contributed by atoms with Gasteiger partial charge in [0.25, 0.3) is 0 Å². The number of carbonyl (C=O) groups is 1. The summed E-state index contributed by atoms with van der Waals surface area (Å²) in [7, 11) is 0. The van der Waals surface area contributed by atoms with E-state index in [1.54, 1.807) is 13.8 Å². The summed E-state index contributed by atoms with van der Waals surface area (Å²) >= 11 is 0. The van der Waals surface area contributed by atoms with Crippen LogP contribution < -0.4 is 0 Å². The molecule has 0 heterocycles. The number of carboxylic acid groups (broad SMARTS) is 1. The highest BCUT2D eigenvalue weighted by Gasteiger charge is 2.23. The molecule has 0 aliphatic carbocycles. The number of hydrogen-bond donors (Lipinski definition) is 1. The van der Waals surface area contributed by atoms with E-state index in [0.717, 1.165) is 6.54 Å². The largest absolute Gasteiger partial charge is 0.481 e. The monoisotopic (exact) mass is 245 g/mol. The number of carboxylic acids is 1. The number of rotatable bonds is 5. The summed E-state index contributed by atoms with van der Waals surface area (Å²) in [5, 5.41) is 8.44. The van der Waals surface area contributed by atoms with Gasteiger partial charge in [-0.1, -0.05) is 13.8 Å². The fourth-order valence-corrected chi connectivity index (χ4v) is 1.48. The van der Waals surface area contributed by atoms with E-state index in [1.807, 2.05) is 6.92 Å². The second-order valence-electron chi connectivity index (χ2n) is 5.56. The molecular formula is C14H31NO2. The molecule has 0 aromatic rings. The normalized spacial score (nSPS) is 11.7. The Balaban J connectivity index is 0. The van der Waals surface area contributed by atoms with Crippen molar-refractivity contribution in [3.05, 3.63) is 0 Å². The second kappa shape index (κ2) is 8.51. The van der Waals surface area contributed by atoms with Crippen molar-refractivity contribution in [1.29, 1.82) is 0 Å². The second-order valence-corrected chi connectivity index (χ2v) is 5.56. The van der Waals surface area contributed by atoms with Gasteiger partial charge in [-0.05, 0) is 54.5 Å². The summed E-state index contributed by atoms with van der Waals surface area (Å²) in [6.45, 7) is 17.6. The molecule has 3 heteroatoms. The van der Waals surface area contributed by atoms with Crippen molar-refractivity contribution in [2.75, 3.05) is 6.54 Å². The number of hydrogen-bond acceptors (Lipinski definition) is 2.